The molecule has 33 heavy (non-hydrogen) atoms. The lowest BCUT2D eigenvalue weighted by Crippen LogP contribution is -2.57. The quantitative estimate of drug-likeness (QED) is 0.179. The van der Waals surface area contributed by atoms with Gasteiger partial charge in [-0.15, -0.1) is 0 Å². The molecule has 1 aromatic rings. The van der Waals surface area contributed by atoms with Crippen LogP contribution in [-0.2, 0) is 30.4 Å². The third-order valence-corrected chi connectivity index (χ3v) is 4.76. The van der Waals surface area contributed by atoms with Gasteiger partial charge in [-0.25, -0.2) is 0 Å². The number of phenolic OH excluding ortho intramolecular Hbond substituents is 1. The molecule has 1 aromatic carbocycles. The molecule has 0 spiro atoms. The summed E-state index contributed by atoms with van der Waals surface area (Å²) in [6.07, 6.45) is -0.358. The maximum atomic E-state index is 12.9. The number of aromatic hydroxyl groups is 1. The maximum Gasteiger partial charge on any atom is 0.322 e. The summed E-state index contributed by atoms with van der Waals surface area (Å²) in [5.41, 5.74) is 11.6. The second-order valence-electron chi connectivity index (χ2n) is 7.88. The zero-order chi connectivity index (χ0) is 25.1. The Labute approximate surface area is 191 Å². The summed E-state index contributed by atoms with van der Waals surface area (Å²) >= 11 is 0. The van der Waals surface area contributed by atoms with Crippen molar-refractivity contribution < 1.29 is 34.2 Å². The van der Waals surface area contributed by atoms with Gasteiger partial charge in [-0.2, -0.15) is 0 Å². The van der Waals surface area contributed by atoms with Gasteiger partial charge < -0.3 is 37.6 Å². The van der Waals surface area contributed by atoms with Crippen molar-refractivity contribution in [2.45, 2.75) is 51.2 Å². The Morgan fingerprint density at radius 1 is 0.939 bits per heavy atom. The molecular weight excluding hydrogens is 434 g/mol. The molecule has 0 fully saturated rings. The van der Waals surface area contributed by atoms with Crippen LogP contribution in [0.3, 0.4) is 0 Å². The molecule has 12 heteroatoms. The molecule has 3 atom stereocenters. The zero-order valence-corrected chi connectivity index (χ0v) is 18.5. The molecule has 0 saturated heterocycles. The highest BCUT2D eigenvalue weighted by molar-refractivity contribution is 5.94. The van der Waals surface area contributed by atoms with Crippen LogP contribution in [0.5, 0.6) is 5.75 Å². The summed E-state index contributed by atoms with van der Waals surface area (Å²) < 4.78 is 0. The van der Waals surface area contributed by atoms with Crippen LogP contribution in [0.2, 0.25) is 0 Å². The van der Waals surface area contributed by atoms with Crippen LogP contribution >= 0.6 is 0 Å². The van der Waals surface area contributed by atoms with Gasteiger partial charge in [0.1, 0.15) is 24.4 Å². The van der Waals surface area contributed by atoms with Crippen LogP contribution in [0, 0.1) is 5.92 Å². The summed E-state index contributed by atoms with van der Waals surface area (Å²) in [6.45, 7) is 2.79. The number of nitrogens with two attached hydrogens (primary N) is 2. The number of carboxylic acids is 1. The number of carboxylic acid groups (broad SMARTS) is 1. The number of amides is 4. The molecule has 9 N–H and O–H groups in total. The normalized spacial score (nSPS) is 13.5. The van der Waals surface area contributed by atoms with Crippen molar-refractivity contribution in [3.05, 3.63) is 29.8 Å². The van der Waals surface area contributed by atoms with Crippen molar-refractivity contribution in [3.8, 4) is 5.75 Å². The van der Waals surface area contributed by atoms with E-state index in [0.717, 1.165) is 0 Å². The number of primary amides is 1. The largest absolute Gasteiger partial charge is 0.508 e. The Morgan fingerprint density at radius 2 is 1.52 bits per heavy atom. The molecule has 0 aromatic heterocycles. The second-order valence-corrected chi connectivity index (χ2v) is 7.88. The van der Waals surface area contributed by atoms with Crippen LogP contribution in [0.4, 0.5) is 0 Å². The molecule has 3 unspecified atom stereocenters. The van der Waals surface area contributed by atoms with Gasteiger partial charge in [-0.05, 0) is 30.0 Å². The third-order valence-electron chi connectivity index (χ3n) is 4.76. The topological polar surface area (TPSA) is 214 Å². The second kappa shape index (κ2) is 13.0. The smallest absolute Gasteiger partial charge is 0.322 e. The molecule has 0 bridgehead atoms. The number of aliphatic carboxylic acids is 1. The number of carbonyl (C=O) groups is 5. The molecule has 0 saturated carbocycles. The highest BCUT2D eigenvalue weighted by Gasteiger charge is 2.29. The van der Waals surface area contributed by atoms with E-state index in [9.17, 15) is 29.1 Å². The van der Waals surface area contributed by atoms with Crippen molar-refractivity contribution >= 4 is 29.6 Å². The minimum absolute atomic E-state index is 0.00498. The van der Waals surface area contributed by atoms with E-state index >= 15 is 0 Å². The van der Waals surface area contributed by atoms with E-state index in [1.54, 1.807) is 13.8 Å². The molecule has 0 aliphatic rings. The fraction of sp³-hybridized carbons (Fsp3) is 0.476. The molecule has 1 rings (SSSR count). The number of phenols is 1. The highest BCUT2D eigenvalue weighted by atomic mass is 16.4. The molecule has 0 aliphatic heterocycles. The lowest BCUT2D eigenvalue weighted by molar-refractivity contribution is -0.138. The summed E-state index contributed by atoms with van der Waals surface area (Å²) in [6, 6.07) is 2.55. The van der Waals surface area contributed by atoms with Crippen molar-refractivity contribution in [2.75, 3.05) is 6.54 Å². The van der Waals surface area contributed by atoms with Gasteiger partial charge in [0.15, 0.2) is 0 Å². The molecule has 4 amide bonds. The first kappa shape index (κ1) is 27.4. The minimum Gasteiger partial charge on any atom is -0.508 e. The minimum atomic E-state index is -1.27. The van der Waals surface area contributed by atoms with Crippen molar-refractivity contribution in [1.82, 2.24) is 16.0 Å². The Balaban J connectivity index is 3.05. The number of benzene rings is 1. The Bertz CT molecular complexity index is 857. The Hall–Kier alpha value is -3.67. The molecular formula is C21H31N5O7. The SMILES string of the molecule is CC(C)C(N)C(=O)NC(CCC(N)=O)C(=O)NC(Cc1ccc(O)cc1)C(=O)NCC(=O)O. The number of hydrogen-bond donors (Lipinski definition) is 7. The van der Waals surface area contributed by atoms with Crippen LogP contribution in [0.25, 0.3) is 0 Å². The number of hydrogen-bond acceptors (Lipinski definition) is 7. The van der Waals surface area contributed by atoms with Gasteiger partial charge in [-0.1, -0.05) is 26.0 Å². The fourth-order valence-corrected chi connectivity index (χ4v) is 2.76. The van der Waals surface area contributed by atoms with Gasteiger partial charge >= 0.3 is 5.97 Å². The van der Waals surface area contributed by atoms with Gasteiger partial charge in [0, 0.05) is 12.8 Å². The molecule has 0 heterocycles. The summed E-state index contributed by atoms with van der Waals surface area (Å²) in [5.74, 6) is -4.31. The van der Waals surface area contributed by atoms with Crippen LogP contribution < -0.4 is 27.4 Å². The molecule has 12 nitrogen and oxygen atoms in total. The number of rotatable bonds is 13. The van der Waals surface area contributed by atoms with E-state index in [1.165, 1.54) is 24.3 Å². The number of carbonyl (C=O) groups excluding carboxylic acids is 4. The molecule has 182 valence electrons. The van der Waals surface area contributed by atoms with E-state index in [-0.39, 0.29) is 30.9 Å². The molecule has 0 radical (unpaired) electrons. The van der Waals surface area contributed by atoms with Gasteiger partial charge in [0.05, 0.1) is 6.04 Å². The van der Waals surface area contributed by atoms with E-state index in [2.05, 4.69) is 16.0 Å². The van der Waals surface area contributed by atoms with Crippen LogP contribution in [-0.4, -0.2) is 64.5 Å². The van der Waals surface area contributed by atoms with Crippen LogP contribution in [0.15, 0.2) is 24.3 Å². The lowest BCUT2D eigenvalue weighted by atomic mass is 10.0. The monoisotopic (exact) mass is 465 g/mol. The predicted molar refractivity (Wildman–Crippen MR) is 118 cm³/mol. The van der Waals surface area contributed by atoms with Gasteiger partial charge in [-0.3, -0.25) is 24.0 Å². The first-order valence-electron chi connectivity index (χ1n) is 10.3. The van der Waals surface area contributed by atoms with E-state index in [4.69, 9.17) is 16.6 Å². The average Bonchev–Trinajstić information content (AvgIpc) is 2.74. The van der Waals surface area contributed by atoms with Crippen molar-refractivity contribution in [2.24, 2.45) is 17.4 Å². The van der Waals surface area contributed by atoms with Crippen LogP contribution in [0.1, 0.15) is 32.3 Å². The van der Waals surface area contributed by atoms with Gasteiger partial charge in [0.25, 0.3) is 0 Å². The van der Waals surface area contributed by atoms with E-state index in [1.807, 2.05) is 0 Å². The standard InChI is InChI=1S/C21H31N5O7/c1-11(2)18(23)21(33)25-14(7-8-16(22)28)20(32)26-15(19(31)24-10-17(29)30)9-12-3-5-13(27)6-4-12/h3-6,11,14-15,18,27H,7-10,23H2,1-2H3,(H2,22,28)(H,24,31)(H,25,33)(H,26,32)(H,29,30). The number of nitrogens with one attached hydrogen (secondary N) is 3. The van der Waals surface area contributed by atoms with E-state index in [0.29, 0.717) is 5.56 Å². The predicted octanol–water partition coefficient (Wildman–Crippen LogP) is -1.65. The van der Waals surface area contributed by atoms with Crippen molar-refractivity contribution in [3.63, 3.8) is 0 Å². The average molecular weight is 466 g/mol. The Kier molecular flexibility index (Phi) is 10.8. The lowest BCUT2D eigenvalue weighted by Gasteiger charge is -2.24. The summed E-state index contributed by atoms with van der Waals surface area (Å²) in [4.78, 5) is 59.9. The first-order chi connectivity index (χ1) is 15.4. The van der Waals surface area contributed by atoms with Crippen molar-refractivity contribution in [1.29, 1.82) is 0 Å². The maximum absolute atomic E-state index is 12.9. The zero-order valence-electron chi connectivity index (χ0n) is 18.5. The fourth-order valence-electron chi connectivity index (χ4n) is 2.76. The Morgan fingerprint density at radius 3 is 2.03 bits per heavy atom. The van der Waals surface area contributed by atoms with E-state index < -0.39 is 54.3 Å². The summed E-state index contributed by atoms with van der Waals surface area (Å²) in [7, 11) is 0. The summed E-state index contributed by atoms with van der Waals surface area (Å²) in [5, 5.41) is 25.4. The highest BCUT2D eigenvalue weighted by Crippen LogP contribution is 2.12. The van der Waals surface area contributed by atoms with Gasteiger partial charge in [0.2, 0.25) is 23.6 Å². The third kappa shape index (κ3) is 9.99. The first-order valence-corrected chi connectivity index (χ1v) is 10.3. The molecule has 0 aliphatic carbocycles.